The number of carbonyl (C=O) groups excluding carboxylic acids is 2. The number of rotatable bonds is 5. The number of ketones is 1. The van der Waals surface area contributed by atoms with Crippen LogP contribution in [-0.2, 0) is 19.6 Å². The third-order valence-corrected chi connectivity index (χ3v) is 2.65. The van der Waals surface area contributed by atoms with Gasteiger partial charge in [-0.3, -0.25) is 14.3 Å². The first-order chi connectivity index (χ1) is 8.31. The summed E-state index contributed by atoms with van der Waals surface area (Å²) in [7, 11) is -2.14. The van der Waals surface area contributed by atoms with E-state index in [1.165, 1.54) is 31.4 Å². The summed E-state index contributed by atoms with van der Waals surface area (Å²) in [5.74, 6) is -0.994. The predicted molar refractivity (Wildman–Crippen MR) is 65.9 cm³/mol. The van der Waals surface area contributed by atoms with Crippen molar-refractivity contribution in [3.63, 3.8) is 0 Å². The van der Waals surface area contributed by atoms with Gasteiger partial charge in [0.1, 0.15) is 6.42 Å². The predicted octanol–water partition coefficient (Wildman–Crippen LogP) is 0.804. The second-order valence-corrected chi connectivity index (χ2v) is 5.38. The molecule has 0 amide bonds. The molecule has 1 rings (SSSR count). The van der Waals surface area contributed by atoms with Crippen LogP contribution in [0, 0.1) is 0 Å². The molecule has 0 aliphatic carbocycles. The van der Waals surface area contributed by atoms with E-state index in [9.17, 15) is 18.0 Å². The van der Waals surface area contributed by atoms with Crippen LogP contribution in [0.2, 0.25) is 0 Å². The molecule has 0 heterocycles. The van der Waals surface area contributed by atoms with Crippen LogP contribution in [0.25, 0.3) is 0 Å². The molecule has 0 atom stereocenters. The second-order valence-electron chi connectivity index (χ2n) is 3.63. The normalized spacial score (nSPS) is 10.8. The first kappa shape index (κ1) is 14.2. The van der Waals surface area contributed by atoms with Crippen LogP contribution in [0.3, 0.4) is 0 Å². The number of sulfonamides is 1. The van der Waals surface area contributed by atoms with Crippen LogP contribution < -0.4 is 4.72 Å². The summed E-state index contributed by atoms with van der Waals surface area (Å²) < 4.78 is 28.6. The number of hydrogen-bond acceptors (Lipinski definition) is 5. The topological polar surface area (TPSA) is 89.5 Å². The molecule has 1 aromatic rings. The van der Waals surface area contributed by atoms with Gasteiger partial charge >= 0.3 is 5.97 Å². The van der Waals surface area contributed by atoms with Gasteiger partial charge in [0.15, 0.2) is 5.78 Å². The summed E-state index contributed by atoms with van der Waals surface area (Å²) in [6.45, 7) is 0. The Kier molecular flexibility index (Phi) is 4.43. The van der Waals surface area contributed by atoms with Crippen molar-refractivity contribution >= 4 is 27.5 Å². The summed E-state index contributed by atoms with van der Waals surface area (Å²) in [5.41, 5.74) is 0.673. The van der Waals surface area contributed by atoms with Crippen molar-refractivity contribution in [2.45, 2.75) is 6.42 Å². The highest BCUT2D eigenvalue weighted by atomic mass is 32.2. The third kappa shape index (κ3) is 4.54. The van der Waals surface area contributed by atoms with Gasteiger partial charge in [-0.25, -0.2) is 8.42 Å². The Bertz CT molecular complexity index is 547. The van der Waals surface area contributed by atoms with E-state index in [0.29, 0.717) is 11.3 Å². The standard InChI is InChI=1S/C11H13NO5S/c1-17-11(14)7-10(13)8-3-5-9(6-4-8)12-18(2,15)16/h3-6,12H,7H2,1-2H3. The van der Waals surface area contributed by atoms with Crippen LogP contribution >= 0.6 is 0 Å². The van der Waals surface area contributed by atoms with Gasteiger partial charge in [0.25, 0.3) is 0 Å². The largest absolute Gasteiger partial charge is 0.469 e. The van der Waals surface area contributed by atoms with E-state index in [4.69, 9.17) is 0 Å². The van der Waals surface area contributed by atoms with Crippen molar-refractivity contribution in [3.8, 4) is 0 Å². The maximum Gasteiger partial charge on any atom is 0.313 e. The molecule has 98 valence electrons. The number of carbonyl (C=O) groups is 2. The molecule has 18 heavy (non-hydrogen) atoms. The highest BCUT2D eigenvalue weighted by molar-refractivity contribution is 7.92. The lowest BCUT2D eigenvalue weighted by Crippen LogP contribution is -2.11. The SMILES string of the molecule is COC(=O)CC(=O)c1ccc(NS(C)(=O)=O)cc1. The minimum absolute atomic E-state index is 0.319. The van der Waals surface area contributed by atoms with E-state index in [0.717, 1.165) is 6.26 Å². The highest BCUT2D eigenvalue weighted by Crippen LogP contribution is 2.12. The molecule has 0 saturated carbocycles. The maximum atomic E-state index is 11.6. The van der Waals surface area contributed by atoms with Crippen molar-refractivity contribution in [1.82, 2.24) is 0 Å². The fourth-order valence-electron chi connectivity index (χ4n) is 1.24. The van der Waals surface area contributed by atoms with E-state index in [1.54, 1.807) is 0 Å². The molecule has 0 aromatic heterocycles. The summed E-state index contributed by atoms with van der Waals surface area (Å²) in [6, 6.07) is 5.79. The summed E-state index contributed by atoms with van der Waals surface area (Å²) >= 11 is 0. The quantitative estimate of drug-likeness (QED) is 0.486. The molecule has 1 N–H and O–H groups in total. The second kappa shape index (κ2) is 5.63. The molecule has 0 spiro atoms. The molecule has 1 aromatic carbocycles. The molecular formula is C11H13NO5S. The minimum atomic E-state index is -3.34. The first-order valence-corrected chi connectivity index (χ1v) is 6.89. The van der Waals surface area contributed by atoms with E-state index >= 15 is 0 Å². The van der Waals surface area contributed by atoms with Crippen molar-refractivity contribution in [2.75, 3.05) is 18.1 Å². The number of Topliss-reactive ketones (excluding diaryl/α,β-unsaturated/α-hetero) is 1. The van der Waals surface area contributed by atoms with Gasteiger partial charge in [0.05, 0.1) is 13.4 Å². The van der Waals surface area contributed by atoms with Gasteiger partial charge < -0.3 is 4.74 Å². The third-order valence-electron chi connectivity index (χ3n) is 2.04. The Morgan fingerprint density at radius 1 is 1.22 bits per heavy atom. The highest BCUT2D eigenvalue weighted by Gasteiger charge is 2.12. The molecule has 6 nitrogen and oxygen atoms in total. The first-order valence-electron chi connectivity index (χ1n) is 4.99. The smallest absolute Gasteiger partial charge is 0.313 e. The van der Waals surface area contributed by atoms with Crippen LogP contribution in [0.15, 0.2) is 24.3 Å². The van der Waals surface area contributed by atoms with Crippen molar-refractivity contribution in [2.24, 2.45) is 0 Å². The fraction of sp³-hybridized carbons (Fsp3) is 0.273. The fourth-order valence-corrected chi connectivity index (χ4v) is 1.81. The zero-order valence-electron chi connectivity index (χ0n) is 9.97. The molecule has 0 unspecified atom stereocenters. The molecule has 0 aliphatic heterocycles. The van der Waals surface area contributed by atoms with Gasteiger partial charge in [0, 0.05) is 11.3 Å². The lowest BCUT2D eigenvalue weighted by Gasteiger charge is -2.04. The lowest BCUT2D eigenvalue weighted by molar-refractivity contribution is -0.139. The number of benzene rings is 1. The van der Waals surface area contributed by atoms with E-state index in [2.05, 4.69) is 9.46 Å². The number of methoxy groups -OCH3 is 1. The molecule has 0 radical (unpaired) electrons. The average molecular weight is 271 g/mol. The van der Waals surface area contributed by atoms with E-state index in [1.807, 2.05) is 0 Å². The van der Waals surface area contributed by atoms with Crippen LogP contribution in [0.4, 0.5) is 5.69 Å². The monoisotopic (exact) mass is 271 g/mol. The molecule has 7 heteroatoms. The number of nitrogens with one attached hydrogen (secondary N) is 1. The summed E-state index contributed by atoms with van der Waals surface area (Å²) in [4.78, 5) is 22.5. The lowest BCUT2D eigenvalue weighted by atomic mass is 10.1. The Labute approximate surface area is 105 Å². The Morgan fingerprint density at radius 3 is 2.22 bits per heavy atom. The molecule has 0 saturated heterocycles. The summed E-state index contributed by atoms with van der Waals surface area (Å²) in [6.07, 6.45) is 0.693. The van der Waals surface area contributed by atoms with Crippen LogP contribution in [-0.4, -0.2) is 33.5 Å². The van der Waals surface area contributed by atoms with Gasteiger partial charge in [-0.05, 0) is 24.3 Å². The zero-order chi connectivity index (χ0) is 13.8. The van der Waals surface area contributed by atoms with Gasteiger partial charge in [-0.15, -0.1) is 0 Å². The number of hydrogen-bond donors (Lipinski definition) is 1. The van der Waals surface area contributed by atoms with Crippen molar-refractivity contribution in [1.29, 1.82) is 0 Å². The van der Waals surface area contributed by atoms with Gasteiger partial charge in [-0.2, -0.15) is 0 Å². The molecule has 0 fully saturated rings. The van der Waals surface area contributed by atoms with Crippen LogP contribution in [0.5, 0.6) is 0 Å². The number of anilines is 1. The Morgan fingerprint density at radius 2 is 1.78 bits per heavy atom. The summed E-state index contributed by atoms with van der Waals surface area (Å²) in [5, 5.41) is 0. The Hall–Kier alpha value is -1.89. The maximum absolute atomic E-state index is 11.6. The van der Waals surface area contributed by atoms with E-state index < -0.39 is 16.0 Å². The average Bonchev–Trinajstić information content (AvgIpc) is 2.27. The molecule has 0 bridgehead atoms. The van der Waals surface area contributed by atoms with Crippen molar-refractivity contribution < 1.29 is 22.7 Å². The Balaban J connectivity index is 2.77. The molecular weight excluding hydrogens is 258 g/mol. The number of esters is 1. The van der Waals surface area contributed by atoms with Crippen LogP contribution in [0.1, 0.15) is 16.8 Å². The zero-order valence-corrected chi connectivity index (χ0v) is 10.8. The number of ether oxygens (including phenoxy) is 1. The molecule has 0 aliphatic rings. The van der Waals surface area contributed by atoms with E-state index in [-0.39, 0.29) is 12.2 Å². The van der Waals surface area contributed by atoms with Gasteiger partial charge in [-0.1, -0.05) is 0 Å². The van der Waals surface area contributed by atoms with Gasteiger partial charge in [0.2, 0.25) is 10.0 Å². The minimum Gasteiger partial charge on any atom is -0.469 e. The van der Waals surface area contributed by atoms with Crippen molar-refractivity contribution in [3.05, 3.63) is 29.8 Å².